The molecule has 0 saturated heterocycles. The van der Waals surface area contributed by atoms with Gasteiger partial charge in [0.25, 0.3) is 0 Å². The van der Waals surface area contributed by atoms with E-state index in [-0.39, 0.29) is 0 Å². The molecule has 0 N–H and O–H groups in total. The van der Waals surface area contributed by atoms with Crippen molar-refractivity contribution < 1.29 is 0 Å². The van der Waals surface area contributed by atoms with Crippen LogP contribution in [-0.2, 0) is 0 Å². The van der Waals surface area contributed by atoms with Crippen molar-refractivity contribution in [1.82, 2.24) is 0 Å². The zero-order valence-corrected chi connectivity index (χ0v) is 6.63. The fourth-order valence-electron chi connectivity index (χ4n) is 1.11. The molecule has 2 aliphatic rings. The minimum Gasteiger partial charge on any atom is -0.270 e. The van der Waals surface area contributed by atoms with Gasteiger partial charge in [0.1, 0.15) is 4.62 Å². The number of allylic oxidation sites excluding steroid dienone is 1. The van der Waals surface area contributed by atoms with Crippen molar-refractivity contribution in [2.75, 3.05) is 0 Å². The lowest BCUT2D eigenvalue weighted by molar-refractivity contribution is 0.724. The van der Waals surface area contributed by atoms with E-state index in [1.54, 1.807) is 0 Å². The van der Waals surface area contributed by atoms with Gasteiger partial charge in [0, 0.05) is 0 Å². The second kappa shape index (κ2) is 1.94. The highest BCUT2D eigenvalue weighted by atomic mass is 79.9. The molecule has 0 aromatic carbocycles. The lowest BCUT2D eigenvalue weighted by atomic mass is 10.2. The van der Waals surface area contributed by atoms with Gasteiger partial charge in [-0.25, -0.2) is 0 Å². The van der Waals surface area contributed by atoms with Crippen LogP contribution in [0, 0.1) is 5.92 Å². The van der Waals surface area contributed by atoms with Crippen molar-refractivity contribution in [1.29, 1.82) is 0 Å². The summed E-state index contributed by atoms with van der Waals surface area (Å²) in [6.45, 7) is 0. The fraction of sp³-hybridized carbons (Fsp3) is 0.571. The topological polar surface area (TPSA) is 12.4 Å². The van der Waals surface area contributed by atoms with Crippen molar-refractivity contribution >= 4 is 20.6 Å². The van der Waals surface area contributed by atoms with Crippen LogP contribution in [0.15, 0.2) is 17.1 Å². The maximum Gasteiger partial charge on any atom is 0.101 e. The third kappa shape index (κ3) is 1.08. The molecule has 1 nitrogen and oxygen atoms in total. The van der Waals surface area contributed by atoms with Crippen molar-refractivity contribution in [3.63, 3.8) is 0 Å². The van der Waals surface area contributed by atoms with Crippen LogP contribution in [0.5, 0.6) is 0 Å². The summed E-state index contributed by atoms with van der Waals surface area (Å²) >= 11 is 3.34. The van der Waals surface area contributed by atoms with Crippen LogP contribution in [0.1, 0.15) is 12.8 Å². The summed E-state index contributed by atoms with van der Waals surface area (Å²) in [6, 6.07) is 0.513. The summed E-state index contributed by atoms with van der Waals surface area (Å²) in [5, 5.41) is 0. The predicted molar refractivity (Wildman–Crippen MR) is 42.0 cm³/mol. The zero-order valence-electron chi connectivity index (χ0n) is 5.05. The molecule has 0 bridgehead atoms. The largest absolute Gasteiger partial charge is 0.270 e. The quantitative estimate of drug-likeness (QED) is 0.594. The van der Waals surface area contributed by atoms with E-state index in [4.69, 9.17) is 0 Å². The molecule has 1 heterocycles. The second-order valence-electron chi connectivity index (χ2n) is 2.64. The van der Waals surface area contributed by atoms with Crippen molar-refractivity contribution in [2.24, 2.45) is 10.9 Å². The third-order valence-electron chi connectivity index (χ3n) is 1.81. The lowest BCUT2D eigenvalue weighted by Crippen LogP contribution is -1.98. The molecule has 2 heteroatoms. The van der Waals surface area contributed by atoms with Crippen LogP contribution in [0.3, 0.4) is 0 Å². The molecule has 0 spiro atoms. The van der Waals surface area contributed by atoms with Crippen LogP contribution in [0.2, 0.25) is 0 Å². The summed E-state index contributed by atoms with van der Waals surface area (Å²) in [5.41, 5.74) is 0. The lowest BCUT2D eigenvalue weighted by Gasteiger charge is -1.97. The van der Waals surface area contributed by atoms with Gasteiger partial charge >= 0.3 is 0 Å². The number of rotatable bonds is 1. The Morgan fingerprint density at radius 3 is 2.78 bits per heavy atom. The number of nitrogens with zero attached hydrogens (tertiary/aromatic N) is 1. The highest BCUT2D eigenvalue weighted by molar-refractivity contribution is 9.18. The molecule has 1 aliphatic heterocycles. The monoisotopic (exact) mass is 185 g/mol. The van der Waals surface area contributed by atoms with E-state index in [1.807, 2.05) is 6.08 Å². The average Bonchev–Trinajstić information content (AvgIpc) is 2.58. The first-order valence-corrected chi connectivity index (χ1v) is 4.07. The number of aliphatic imine (C=N–C) groups is 1. The molecule has 0 aromatic rings. The van der Waals surface area contributed by atoms with E-state index in [1.165, 1.54) is 12.8 Å². The Labute approximate surface area is 63.0 Å². The molecular weight excluding hydrogens is 178 g/mol. The summed E-state index contributed by atoms with van der Waals surface area (Å²) in [6.07, 6.45) is 6.97. The van der Waals surface area contributed by atoms with Gasteiger partial charge < -0.3 is 0 Å². The van der Waals surface area contributed by atoms with Crippen molar-refractivity contribution in [3.8, 4) is 0 Å². The van der Waals surface area contributed by atoms with E-state index in [9.17, 15) is 0 Å². The highest BCUT2D eigenvalue weighted by Gasteiger charge is 2.30. The number of hydrogen-bond acceptors (Lipinski definition) is 1. The predicted octanol–water partition coefficient (Wildman–Crippen LogP) is 2.13. The Balaban J connectivity index is 2.08. The molecular formula is C7H8BrN. The molecule has 1 fully saturated rings. The minimum absolute atomic E-state index is 0.513. The van der Waals surface area contributed by atoms with Gasteiger partial charge in [-0.3, -0.25) is 4.99 Å². The first-order valence-electron chi connectivity index (χ1n) is 3.28. The van der Waals surface area contributed by atoms with Gasteiger partial charge in [-0.2, -0.15) is 0 Å². The van der Waals surface area contributed by atoms with E-state index >= 15 is 0 Å². The van der Waals surface area contributed by atoms with Gasteiger partial charge in [-0.05, 0) is 40.8 Å². The van der Waals surface area contributed by atoms with Crippen LogP contribution in [0.25, 0.3) is 0 Å². The smallest absolute Gasteiger partial charge is 0.101 e. The summed E-state index contributed by atoms with van der Waals surface area (Å²) in [7, 11) is 0. The Kier molecular flexibility index (Phi) is 1.22. The van der Waals surface area contributed by atoms with Crippen molar-refractivity contribution in [2.45, 2.75) is 18.9 Å². The van der Waals surface area contributed by atoms with Crippen LogP contribution >= 0.6 is 15.9 Å². The van der Waals surface area contributed by atoms with Gasteiger partial charge in [0.2, 0.25) is 0 Å². The summed E-state index contributed by atoms with van der Waals surface area (Å²) < 4.78 is 1.01. The third-order valence-corrected chi connectivity index (χ3v) is 2.28. The minimum atomic E-state index is 0.513. The molecule has 1 aliphatic carbocycles. The molecule has 9 heavy (non-hydrogen) atoms. The standard InChI is InChI=1S/C7H8BrN/c8-7-4-3-6(9-7)5-1-2-5/h3-6H,1-2H2. The molecule has 0 amide bonds. The average molecular weight is 186 g/mol. The SMILES string of the molecule is BrC1=NC(C2CC2)C=C1. The van der Waals surface area contributed by atoms with E-state index in [0.29, 0.717) is 6.04 Å². The number of halogens is 1. The fourth-order valence-corrected chi connectivity index (χ4v) is 1.50. The zero-order chi connectivity index (χ0) is 6.27. The first kappa shape index (κ1) is 5.66. The Hall–Kier alpha value is -0.110. The Morgan fingerprint density at radius 1 is 1.56 bits per heavy atom. The van der Waals surface area contributed by atoms with Gasteiger partial charge in [0.05, 0.1) is 6.04 Å². The molecule has 0 aromatic heterocycles. The second-order valence-corrected chi connectivity index (χ2v) is 3.45. The maximum atomic E-state index is 4.37. The highest BCUT2D eigenvalue weighted by Crippen LogP contribution is 2.36. The van der Waals surface area contributed by atoms with Gasteiger partial charge in [0.15, 0.2) is 0 Å². The van der Waals surface area contributed by atoms with Crippen LogP contribution in [-0.4, -0.2) is 10.7 Å². The normalized spacial score (nSPS) is 33.0. The van der Waals surface area contributed by atoms with Crippen LogP contribution < -0.4 is 0 Å². The van der Waals surface area contributed by atoms with Crippen LogP contribution in [0.4, 0.5) is 0 Å². The van der Waals surface area contributed by atoms with E-state index in [0.717, 1.165) is 10.5 Å². The summed E-state index contributed by atoms with van der Waals surface area (Å²) in [4.78, 5) is 4.37. The first-order chi connectivity index (χ1) is 4.36. The number of hydrogen-bond donors (Lipinski definition) is 0. The maximum absolute atomic E-state index is 4.37. The van der Waals surface area contributed by atoms with Gasteiger partial charge in [-0.15, -0.1) is 0 Å². The molecule has 2 rings (SSSR count). The summed E-state index contributed by atoms with van der Waals surface area (Å²) in [5.74, 6) is 0.872. The molecule has 48 valence electrons. The molecule has 1 atom stereocenters. The molecule has 0 radical (unpaired) electrons. The Bertz CT molecular complexity index is 179. The van der Waals surface area contributed by atoms with Gasteiger partial charge in [-0.1, -0.05) is 6.08 Å². The Morgan fingerprint density at radius 2 is 2.33 bits per heavy atom. The van der Waals surface area contributed by atoms with E-state index in [2.05, 4.69) is 27.0 Å². The molecule has 1 unspecified atom stereocenters. The van der Waals surface area contributed by atoms with Crippen molar-refractivity contribution in [3.05, 3.63) is 12.2 Å². The van der Waals surface area contributed by atoms with E-state index < -0.39 is 0 Å². The molecule has 1 saturated carbocycles.